The molecule has 5 nitrogen and oxygen atoms in total. The van der Waals surface area contributed by atoms with E-state index in [4.69, 9.17) is 27.9 Å². The van der Waals surface area contributed by atoms with E-state index in [0.29, 0.717) is 41.1 Å². The van der Waals surface area contributed by atoms with Gasteiger partial charge in [0.15, 0.2) is 0 Å². The highest BCUT2D eigenvalue weighted by molar-refractivity contribution is 6.31. The van der Waals surface area contributed by atoms with Crippen LogP contribution in [0.5, 0.6) is 5.75 Å². The Balaban J connectivity index is 1.49. The highest BCUT2D eigenvalue weighted by Gasteiger charge is 2.10. The van der Waals surface area contributed by atoms with E-state index >= 15 is 0 Å². The van der Waals surface area contributed by atoms with E-state index in [2.05, 4.69) is 10.4 Å². The largest absolute Gasteiger partial charge is 0.489 e. The normalized spacial score (nSPS) is 10.8. The number of rotatable bonds is 8. The van der Waals surface area contributed by atoms with Crippen molar-refractivity contribution >= 4 is 29.1 Å². The van der Waals surface area contributed by atoms with Crippen LogP contribution in [-0.2, 0) is 13.2 Å². The molecule has 0 spiro atoms. The van der Waals surface area contributed by atoms with E-state index in [1.807, 2.05) is 48.9 Å². The Bertz CT molecular complexity index is 1000. The number of nitrogens with one attached hydrogen (secondary N) is 1. The summed E-state index contributed by atoms with van der Waals surface area (Å²) in [6.45, 7) is 5.44. The van der Waals surface area contributed by atoms with Crippen molar-refractivity contribution in [3.05, 3.63) is 81.1 Å². The number of aryl methyl sites for hydroxylation is 2. The molecular weight excluding hydrogens is 409 g/mol. The number of hydrogen-bond donors (Lipinski definition) is 1. The fourth-order valence-electron chi connectivity index (χ4n) is 2.95. The van der Waals surface area contributed by atoms with E-state index < -0.39 is 0 Å². The predicted molar refractivity (Wildman–Crippen MR) is 116 cm³/mol. The van der Waals surface area contributed by atoms with Crippen LogP contribution in [0.1, 0.15) is 33.7 Å². The van der Waals surface area contributed by atoms with Gasteiger partial charge in [0.05, 0.1) is 16.4 Å². The molecule has 29 heavy (non-hydrogen) atoms. The second-order valence-electron chi connectivity index (χ2n) is 6.76. The van der Waals surface area contributed by atoms with Gasteiger partial charge in [0.25, 0.3) is 5.91 Å². The van der Waals surface area contributed by atoms with Gasteiger partial charge in [0, 0.05) is 23.7 Å². The smallest absolute Gasteiger partial charge is 0.251 e. The molecule has 0 unspecified atom stereocenters. The molecule has 1 N–H and O–H groups in total. The highest BCUT2D eigenvalue weighted by Crippen LogP contribution is 2.19. The van der Waals surface area contributed by atoms with Crippen LogP contribution in [-0.4, -0.2) is 22.2 Å². The average molecular weight is 432 g/mol. The van der Waals surface area contributed by atoms with Gasteiger partial charge in [-0.15, -0.1) is 0 Å². The van der Waals surface area contributed by atoms with Gasteiger partial charge >= 0.3 is 0 Å². The number of nitrogens with zero attached hydrogens (tertiary/aromatic N) is 2. The molecule has 2 aromatic carbocycles. The van der Waals surface area contributed by atoms with Gasteiger partial charge in [0.2, 0.25) is 0 Å². The summed E-state index contributed by atoms with van der Waals surface area (Å²) in [5, 5.41) is 8.67. The molecule has 1 heterocycles. The lowest BCUT2D eigenvalue weighted by molar-refractivity contribution is 0.0952. The number of halogens is 2. The topological polar surface area (TPSA) is 56.2 Å². The van der Waals surface area contributed by atoms with Crippen molar-refractivity contribution in [3.63, 3.8) is 0 Å². The maximum atomic E-state index is 12.4. The SMILES string of the molecule is Cc1nn(CCCNC(=O)c2cccc(COc3cccc(Cl)c3)c2)c(C)c1Cl. The van der Waals surface area contributed by atoms with Crippen molar-refractivity contribution in [3.8, 4) is 5.75 Å². The summed E-state index contributed by atoms with van der Waals surface area (Å²) in [7, 11) is 0. The fourth-order valence-corrected chi connectivity index (χ4v) is 3.27. The van der Waals surface area contributed by atoms with Crippen LogP contribution in [0.3, 0.4) is 0 Å². The van der Waals surface area contributed by atoms with Gasteiger partial charge in [0.1, 0.15) is 12.4 Å². The number of hydrogen-bond acceptors (Lipinski definition) is 3. The monoisotopic (exact) mass is 431 g/mol. The summed E-state index contributed by atoms with van der Waals surface area (Å²) >= 11 is 12.1. The Hall–Kier alpha value is -2.50. The van der Waals surface area contributed by atoms with E-state index in [1.54, 1.807) is 18.2 Å². The van der Waals surface area contributed by atoms with E-state index in [0.717, 1.165) is 23.4 Å². The maximum absolute atomic E-state index is 12.4. The van der Waals surface area contributed by atoms with E-state index in [1.165, 1.54) is 0 Å². The van der Waals surface area contributed by atoms with Crippen molar-refractivity contribution < 1.29 is 9.53 Å². The Morgan fingerprint density at radius 2 is 1.93 bits per heavy atom. The molecule has 0 aliphatic heterocycles. The first-order chi connectivity index (χ1) is 13.9. The minimum atomic E-state index is -0.110. The summed E-state index contributed by atoms with van der Waals surface area (Å²) in [5.41, 5.74) is 3.29. The van der Waals surface area contributed by atoms with Gasteiger partial charge in [-0.3, -0.25) is 9.48 Å². The number of carbonyl (C=O) groups is 1. The lowest BCUT2D eigenvalue weighted by Gasteiger charge is -2.09. The first-order valence-corrected chi connectivity index (χ1v) is 10.1. The molecule has 0 radical (unpaired) electrons. The summed E-state index contributed by atoms with van der Waals surface area (Å²) in [6, 6.07) is 14.6. The Kier molecular flexibility index (Phi) is 7.18. The quantitative estimate of drug-likeness (QED) is 0.498. The predicted octanol–water partition coefficient (Wildman–Crippen LogP) is 5.21. The molecule has 1 aromatic heterocycles. The lowest BCUT2D eigenvalue weighted by Crippen LogP contribution is -2.25. The maximum Gasteiger partial charge on any atom is 0.251 e. The van der Waals surface area contributed by atoms with Crippen LogP contribution in [0.2, 0.25) is 10.0 Å². The number of aromatic nitrogens is 2. The molecule has 0 atom stereocenters. The van der Waals surface area contributed by atoms with Crippen LogP contribution in [0.4, 0.5) is 0 Å². The molecule has 0 bridgehead atoms. The second-order valence-corrected chi connectivity index (χ2v) is 7.58. The third kappa shape index (κ3) is 5.75. The molecular formula is C22H23Cl2N3O2. The van der Waals surface area contributed by atoms with Crippen LogP contribution in [0.15, 0.2) is 48.5 Å². The second kappa shape index (κ2) is 9.81. The molecule has 3 aromatic rings. The minimum Gasteiger partial charge on any atom is -0.489 e. The molecule has 0 saturated carbocycles. The van der Waals surface area contributed by atoms with Crippen molar-refractivity contribution in [2.45, 2.75) is 33.4 Å². The zero-order chi connectivity index (χ0) is 20.8. The van der Waals surface area contributed by atoms with Gasteiger partial charge in [-0.2, -0.15) is 5.10 Å². The minimum absolute atomic E-state index is 0.110. The zero-order valence-electron chi connectivity index (χ0n) is 16.4. The van der Waals surface area contributed by atoms with Crippen LogP contribution < -0.4 is 10.1 Å². The number of carbonyl (C=O) groups excluding carboxylic acids is 1. The third-order valence-electron chi connectivity index (χ3n) is 4.52. The van der Waals surface area contributed by atoms with Crippen molar-refractivity contribution in [2.24, 2.45) is 0 Å². The highest BCUT2D eigenvalue weighted by atomic mass is 35.5. The van der Waals surface area contributed by atoms with Crippen LogP contribution in [0.25, 0.3) is 0 Å². The van der Waals surface area contributed by atoms with Crippen LogP contribution >= 0.6 is 23.2 Å². The van der Waals surface area contributed by atoms with Gasteiger partial charge in [-0.25, -0.2) is 0 Å². The zero-order valence-corrected chi connectivity index (χ0v) is 17.9. The first-order valence-electron chi connectivity index (χ1n) is 9.39. The number of ether oxygens (including phenoxy) is 1. The molecule has 0 saturated heterocycles. The summed E-state index contributed by atoms with van der Waals surface area (Å²) in [6.07, 6.45) is 0.765. The third-order valence-corrected chi connectivity index (χ3v) is 5.30. The van der Waals surface area contributed by atoms with E-state index in [9.17, 15) is 4.79 Å². The van der Waals surface area contributed by atoms with Crippen LogP contribution in [0, 0.1) is 13.8 Å². The summed E-state index contributed by atoms with van der Waals surface area (Å²) in [5.74, 6) is 0.581. The lowest BCUT2D eigenvalue weighted by atomic mass is 10.1. The molecule has 152 valence electrons. The molecule has 7 heteroatoms. The average Bonchev–Trinajstić information content (AvgIpc) is 2.96. The first kappa shape index (κ1) is 21.2. The Labute approximate surface area is 180 Å². The summed E-state index contributed by atoms with van der Waals surface area (Å²) < 4.78 is 7.61. The van der Waals surface area contributed by atoms with Crippen molar-refractivity contribution in [1.82, 2.24) is 15.1 Å². The van der Waals surface area contributed by atoms with Gasteiger partial charge in [-0.05, 0) is 56.2 Å². The van der Waals surface area contributed by atoms with E-state index in [-0.39, 0.29) is 5.91 Å². The molecule has 0 aliphatic rings. The Morgan fingerprint density at radius 3 is 2.66 bits per heavy atom. The van der Waals surface area contributed by atoms with Crippen molar-refractivity contribution in [1.29, 1.82) is 0 Å². The number of amides is 1. The number of benzene rings is 2. The standard InChI is InChI=1S/C22H23Cl2N3O2/c1-15-21(24)16(2)27(26-15)11-5-10-25-22(28)18-7-3-6-17(12-18)14-29-20-9-4-8-19(23)13-20/h3-4,6-9,12-13H,5,10-11,14H2,1-2H3,(H,25,28). The Morgan fingerprint density at radius 1 is 1.14 bits per heavy atom. The molecule has 3 rings (SSSR count). The molecule has 0 fully saturated rings. The molecule has 1 amide bonds. The summed E-state index contributed by atoms with van der Waals surface area (Å²) in [4.78, 5) is 12.4. The molecule has 0 aliphatic carbocycles. The van der Waals surface area contributed by atoms with Gasteiger partial charge < -0.3 is 10.1 Å². The fraction of sp³-hybridized carbons (Fsp3) is 0.273. The van der Waals surface area contributed by atoms with Gasteiger partial charge in [-0.1, -0.05) is 41.4 Å². The van der Waals surface area contributed by atoms with Crippen molar-refractivity contribution in [2.75, 3.05) is 6.54 Å².